The third kappa shape index (κ3) is 3.59. The summed E-state index contributed by atoms with van der Waals surface area (Å²) in [5, 5.41) is 11.6. The van der Waals surface area contributed by atoms with Crippen molar-refractivity contribution in [2.75, 3.05) is 13.2 Å². The predicted molar refractivity (Wildman–Crippen MR) is 134 cm³/mol. The summed E-state index contributed by atoms with van der Waals surface area (Å²) in [4.78, 5) is 26.0. The zero-order chi connectivity index (χ0) is 25.1. The third-order valence-electron chi connectivity index (χ3n) is 11.1. The van der Waals surface area contributed by atoms with Crippen molar-refractivity contribution in [2.45, 2.75) is 85.2 Å². The summed E-state index contributed by atoms with van der Waals surface area (Å²) in [6.45, 7) is 9.36. The first-order valence-corrected chi connectivity index (χ1v) is 13.7. The Hall–Kier alpha value is -1.88. The van der Waals surface area contributed by atoms with E-state index in [0.717, 1.165) is 51.4 Å². The standard InChI is InChI=1S/C30H42O5/c1-5-34-26(33)29(4)15-9-14-28(3)22(29)13-17-30-19-27(2,16-12-23(28)30)24(31)21(30)18-35-25(32)20-10-7-6-8-11-20/h6-8,10-11,21-24,31H,5,9,12-19H2,1-4H3/t21-,22+,23+,24-,27+,28-,29-,30-/m1/s1. The molecule has 5 nitrogen and oxygen atoms in total. The molecule has 0 aliphatic heterocycles. The quantitative estimate of drug-likeness (QED) is 0.537. The van der Waals surface area contributed by atoms with Crippen molar-refractivity contribution in [3.05, 3.63) is 35.9 Å². The number of aliphatic hydroxyl groups is 1. The molecule has 0 radical (unpaired) electrons. The van der Waals surface area contributed by atoms with Gasteiger partial charge in [0.15, 0.2) is 0 Å². The van der Waals surface area contributed by atoms with Crippen LogP contribution in [0.2, 0.25) is 0 Å². The van der Waals surface area contributed by atoms with E-state index in [9.17, 15) is 14.7 Å². The number of fused-ring (bicyclic) bond motifs is 3. The van der Waals surface area contributed by atoms with Crippen LogP contribution in [-0.4, -0.2) is 36.4 Å². The Labute approximate surface area is 210 Å². The summed E-state index contributed by atoms with van der Waals surface area (Å²) in [7, 11) is 0. The molecule has 5 heteroatoms. The van der Waals surface area contributed by atoms with Gasteiger partial charge in [0.25, 0.3) is 0 Å². The number of hydrogen-bond donors (Lipinski definition) is 1. The number of carbonyl (C=O) groups excluding carboxylic acids is 2. The number of aliphatic hydroxyl groups excluding tert-OH is 1. The number of benzene rings is 1. The van der Waals surface area contributed by atoms with Crippen LogP contribution in [0.15, 0.2) is 30.3 Å². The second-order valence-corrected chi connectivity index (χ2v) is 12.8. The van der Waals surface area contributed by atoms with Crippen molar-refractivity contribution in [1.29, 1.82) is 0 Å². The Balaban J connectivity index is 1.45. The Kier molecular flexibility index (Phi) is 6.10. The van der Waals surface area contributed by atoms with Gasteiger partial charge >= 0.3 is 11.9 Å². The maximum atomic E-state index is 13.2. The first-order valence-electron chi connectivity index (χ1n) is 13.7. The van der Waals surface area contributed by atoms with E-state index in [0.29, 0.717) is 18.1 Å². The summed E-state index contributed by atoms with van der Waals surface area (Å²) in [5.74, 6) is 0.278. The Morgan fingerprint density at radius 2 is 1.69 bits per heavy atom. The molecule has 4 aliphatic rings. The van der Waals surface area contributed by atoms with Crippen LogP contribution in [0.25, 0.3) is 0 Å². The lowest BCUT2D eigenvalue weighted by Gasteiger charge is -2.64. The van der Waals surface area contributed by atoms with Crippen molar-refractivity contribution in [3.63, 3.8) is 0 Å². The van der Waals surface area contributed by atoms with Crippen LogP contribution in [0.3, 0.4) is 0 Å². The Morgan fingerprint density at radius 1 is 0.971 bits per heavy atom. The maximum absolute atomic E-state index is 13.2. The van der Waals surface area contributed by atoms with Crippen molar-refractivity contribution in [2.24, 2.45) is 39.4 Å². The van der Waals surface area contributed by atoms with Gasteiger partial charge in [-0.25, -0.2) is 4.79 Å². The van der Waals surface area contributed by atoms with Gasteiger partial charge in [0.1, 0.15) is 0 Å². The molecule has 0 aromatic heterocycles. The first-order chi connectivity index (χ1) is 16.6. The minimum absolute atomic E-state index is 0.0189. The maximum Gasteiger partial charge on any atom is 0.338 e. The fourth-order valence-electron chi connectivity index (χ4n) is 9.61. The molecule has 0 amide bonds. The second kappa shape index (κ2) is 8.61. The molecule has 2 bridgehead atoms. The van der Waals surface area contributed by atoms with Crippen LogP contribution < -0.4 is 0 Å². The summed E-state index contributed by atoms with van der Waals surface area (Å²) in [6.07, 6.45) is 7.55. The predicted octanol–water partition coefficient (Wildman–Crippen LogP) is 5.80. The van der Waals surface area contributed by atoms with E-state index in [1.54, 1.807) is 12.1 Å². The van der Waals surface area contributed by atoms with Gasteiger partial charge in [-0.1, -0.05) is 38.5 Å². The zero-order valence-corrected chi connectivity index (χ0v) is 21.8. The largest absolute Gasteiger partial charge is 0.466 e. The van der Waals surface area contributed by atoms with E-state index in [-0.39, 0.29) is 46.6 Å². The average molecular weight is 483 g/mol. The van der Waals surface area contributed by atoms with E-state index in [1.165, 1.54) is 0 Å². The molecule has 1 aromatic rings. The summed E-state index contributed by atoms with van der Waals surface area (Å²) >= 11 is 0. The van der Waals surface area contributed by atoms with Crippen molar-refractivity contribution >= 4 is 11.9 Å². The van der Waals surface area contributed by atoms with Crippen LogP contribution in [0.1, 0.15) is 89.4 Å². The highest BCUT2D eigenvalue weighted by Crippen LogP contribution is 2.75. The number of esters is 2. The van der Waals surface area contributed by atoms with Crippen LogP contribution in [0, 0.1) is 39.4 Å². The lowest BCUT2D eigenvalue weighted by Crippen LogP contribution is -2.60. The molecular formula is C30H42O5. The molecule has 1 N–H and O–H groups in total. The number of ether oxygens (including phenoxy) is 2. The molecule has 35 heavy (non-hydrogen) atoms. The highest BCUT2D eigenvalue weighted by molar-refractivity contribution is 5.89. The zero-order valence-electron chi connectivity index (χ0n) is 21.8. The molecule has 0 heterocycles. The van der Waals surface area contributed by atoms with Gasteiger partial charge in [-0.3, -0.25) is 4.79 Å². The molecule has 1 spiro atoms. The monoisotopic (exact) mass is 482 g/mol. The highest BCUT2D eigenvalue weighted by atomic mass is 16.5. The molecule has 0 saturated heterocycles. The summed E-state index contributed by atoms with van der Waals surface area (Å²) in [5.41, 5.74) is -0.0657. The molecule has 8 atom stereocenters. The molecule has 5 rings (SSSR count). The van der Waals surface area contributed by atoms with E-state index in [1.807, 2.05) is 25.1 Å². The van der Waals surface area contributed by atoms with E-state index >= 15 is 0 Å². The van der Waals surface area contributed by atoms with Gasteiger partial charge in [0, 0.05) is 5.92 Å². The van der Waals surface area contributed by atoms with Crippen LogP contribution in [0.4, 0.5) is 0 Å². The molecule has 1 aromatic carbocycles. The van der Waals surface area contributed by atoms with Gasteiger partial charge in [-0.05, 0) is 99.0 Å². The summed E-state index contributed by atoms with van der Waals surface area (Å²) in [6, 6.07) is 9.13. The smallest absolute Gasteiger partial charge is 0.338 e. The molecular weight excluding hydrogens is 440 g/mol. The highest BCUT2D eigenvalue weighted by Gasteiger charge is 2.71. The number of rotatable bonds is 5. The van der Waals surface area contributed by atoms with Gasteiger partial charge in [-0.2, -0.15) is 0 Å². The van der Waals surface area contributed by atoms with Crippen LogP contribution >= 0.6 is 0 Å². The lowest BCUT2D eigenvalue weighted by molar-refractivity contribution is -0.193. The van der Waals surface area contributed by atoms with E-state index < -0.39 is 11.5 Å². The molecule has 4 saturated carbocycles. The number of hydrogen-bond acceptors (Lipinski definition) is 5. The van der Waals surface area contributed by atoms with Gasteiger partial charge in [0.05, 0.1) is 30.3 Å². The van der Waals surface area contributed by atoms with Gasteiger partial charge in [-0.15, -0.1) is 0 Å². The minimum Gasteiger partial charge on any atom is -0.466 e. The van der Waals surface area contributed by atoms with Crippen LogP contribution in [0.5, 0.6) is 0 Å². The fraction of sp³-hybridized carbons (Fsp3) is 0.733. The van der Waals surface area contributed by atoms with Gasteiger partial charge in [0.2, 0.25) is 0 Å². The normalized spacial score (nSPS) is 44.1. The average Bonchev–Trinajstić information content (AvgIpc) is 2.98. The lowest BCUT2D eigenvalue weighted by atomic mass is 9.39. The molecule has 0 unspecified atom stereocenters. The van der Waals surface area contributed by atoms with Crippen LogP contribution in [-0.2, 0) is 14.3 Å². The van der Waals surface area contributed by atoms with Crippen molar-refractivity contribution in [1.82, 2.24) is 0 Å². The Bertz CT molecular complexity index is 976. The van der Waals surface area contributed by atoms with Crippen molar-refractivity contribution in [3.8, 4) is 0 Å². The van der Waals surface area contributed by atoms with Gasteiger partial charge < -0.3 is 14.6 Å². The summed E-state index contributed by atoms with van der Waals surface area (Å²) < 4.78 is 11.5. The second-order valence-electron chi connectivity index (χ2n) is 12.8. The number of carbonyl (C=O) groups is 2. The van der Waals surface area contributed by atoms with E-state index in [2.05, 4.69) is 20.8 Å². The molecule has 4 fully saturated rings. The SMILES string of the molecule is CCOC(=O)[C@]1(C)CCC[C@@]2(C)[C@@H]3CC[C@@]4(C)C[C@]3(CC[C@@H]21)[C@H](COC(=O)c1ccccc1)[C@H]4O. The topological polar surface area (TPSA) is 72.8 Å². The fourth-order valence-corrected chi connectivity index (χ4v) is 9.61. The van der Waals surface area contributed by atoms with E-state index in [4.69, 9.17) is 9.47 Å². The Morgan fingerprint density at radius 3 is 2.40 bits per heavy atom. The molecule has 4 aliphatic carbocycles. The first kappa shape index (κ1) is 24.8. The third-order valence-corrected chi connectivity index (χ3v) is 11.1. The van der Waals surface area contributed by atoms with Crippen molar-refractivity contribution < 1.29 is 24.2 Å². The molecule has 192 valence electrons. The minimum atomic E-state index is -0.476.